The summed E-state index contributed by atoms with van der Waals surface area (Å²) in [4.78, 5) is 0. The molecule has 118 valence electrons. The van der Waals surface area contributed by atoms with Crippen LogP contribution in [0.25, 0.3) is 0 Å². The Morgan fingerprint density at radius 1 is 1.19 bits per heavy atom. The zero-order chi connectivity index (χ0) is 15.1. The summed E-state index contributed by atoms with van der Waals surface area (Å²) < 4.78 is 0.455. The lowest BCUT2D eigenvalue weighted by Gasteiger charge is -2.37. The van der Waals surface area contributed by atoms with Crippen LogP contribution in [-0.4, -0.2) is 17.5 Å². The van der Waals surface area contributed by atoms with Crippen LogP contribution >= 0.6 is 23.4 Å². The van der Waals surface area contributed by atoms with Crippen molar-refractivity contribution >= 4 is 23.4 Å². The summed E-state index contributed by atoms with van der Waals surface area (Å²) >= 11 is 8.08. The fourth-order valence-electron chi connectivity index (χ4n) is 3.33. The summed E-state index contributed by atoms with van der Waals surface area (Å²) in [6.45, 7) is 3.39. The molecule has 1 N–H and O–H groups in total. The predicted molar refractivity (Wildman–Crippen MR) is 96.4 cm³/mol. The Morgan fingerprint density at radius 2 is 1.86 bits per heavy atom. The molecule has 21 heavy (non-hydrogen) atoms. The molecule has 1 fully saturated rings. The van der Waals surface area contributed by atoms with Crippen LogP contribution in [0.1, 0.15) is 63.5 Å². The number of thioether (sulfide) groups is 1. The van der Waals surface area contributed by atoms with Crippen LogP contribution in [0.2, 0.25) is 5.02 Å². The first-order chi connectivity index (χ1) is 10.2. The monoisotopic (exact) mass is 325 g/mol. The molecule has 0 radical (unpaired) electrons. The first-order valence-corrected chi connectivity index (χ1v) is 9.83. The lowest BCUT2D eigenvalue weighted by molar-refractivity contribution is 0.356. The van der Waals surface area contributed by atoms with Crippen LogP contribution in [-0.2, 0) is 0 Å². The maximum atomic E-state index is 6.01. The number of hydrogen-bond acceptors (Lipinski definition) is 2. The second-order valence-corrected chi connectivity index (χ2v) is 7.93. The Balaban J connectivity index is 2.00. The molecule has 1 aromatic rings. The minimum absolute atomic E-state index is 0.455. The normalized spacial score (nSPS) is 19.4. The molecule has 1 atom stereocenters. The molecule has 1 saturated carbocycles. The van der Waals surface area contributed by atoms with Gasteiger partial charge in [-0.15, -0.1) is 0 Å². The quantitative estimate of drug-likeness (QED) is 0.676. The van der Waals surface area contributed by atoms with Gasteiger partial charge in [-0.25, -0.2) is 0 Å². The summed E-state index contributed by atoms with van der Waals surface area (Å²) in [5, 5.41) is 4.68. The van der Waals surface area contributed by atoms with Gasteiger partial charge in [-0.2, -0.15) is 11.8 Å². The Bertz CT molecular complexity index is 412. The maximum absolute atomic E-state index is 6.01. The molecule has 0 aliphatic heterocycles. The smallest absolute Gasteiger partial charge is 0.0406 e. The maximum Gasteiger partial charge on any atom is 0.0406 e. The van der Waals surface area contributed by atoms with Crippen molar-refractivity contribution in [3.8, 4) is 0 Å². The average Bonchev–Trinajstić information content (AvgIpc) is 2.53. The summed E-state index contributed by atoms with van der Waals surface area (Å²) in [6.07, 6.45) is 11.6. The van der Waals surface area contributed by atoms with Crippen molar-refractivity contribution in [1.29, 1.82) is 0 Å². The van der Waals surface area contributed by atoms with Crippen molar-refractivity contribution in [3.05, 3.63) is 34.9 Å². The number of halogens is 1. The van der Waals surface area contributed by atoms with E-state index in [1.165, 1.54) is 50.5 Å². The van der Waals surface area contributed by atoms with Gasteiger partial charge in [-0.1, -0.05) is 56.3 Å². The van der Waals surface area contributed by atoms with Crippen LogP contribution in [0, 0.1) is 0 Å². The molecule has 2 rings (SSSR count). The van der Waals surface area contributed by atoms with Gasteiger partial charge >= 0.3 is 0 Å². The lowest BCUT2D eigenvalue weighted by Crippen LogP contribution is -2.40. The highest BCUT2D eigenvalue weighted by atomic mass is 35.5. The van der Waals surface area contributed by atoms with E-state index in [1.54, 1.807) is 0 Å². The third-order valence-electron chi connectivity index (χ3n) is 4.72. The van der Waals surface area contributed by atoms with E-state index in [2.05, 4.69) is 42.4 Å². The molecule has 0 heterocycles. The number of benzene rings is 1. The molecule has 1 aliphatic carbocycles. The Kier molecular flexibility index (Phi) is 6.91. The van der Waals surface area contributed by atoms with Crippen LogP contribution in [0.5, 0.6) is 0 Å². The molecule has 1 unspecified atom stereocenters. The fourth-order valence-corrected chi connectivity index (χ4v) is 4.38. The van der Waals surface area contributed by atoms with E-state index < -0.39 is 0 Å². The highest BCUT2D eigenvalue weighted by molar-refractivity contribution is 8.00. The van der Waals surface area contributed by atoms with Crippen molar-refractivity contribution in [2.24, 2.45) is 0 Å². The number of rotatable bonds is 7. The minimum Gasteiger partial charge on any atom is -0.309 e. The van der Waals surface area contributed by atoms with Crippen LogP contribution in [0.3, 0.4) is 0 Å². The van der Waals surface area contributed by atoms with Gasteiger partial charge in [0, 0.05) is 22.4 Å². The SMILES string of the molecule is CCCC(NCC1(SC)CCCCC1)c1ccc(Cl)cc1. The average molecular weight is 326 g/mol. The van der Waals surface area contributed by atoms with E-state index in [4.69, 9.17) is 11.6 Å². The van der Waals surface area contributed by atoms with Crippen LogP contribution < -0.4 is 5.32 Å². The van der Waals surface area contributed by atoms with E-state index in [0.717, 1.165) is 11.6 Å². The number of nitrogens with one attached hydrogen (secondary N) is 1. The van der Waals surface area contributed by atoms with Gasteiger partial charge in [0.1, 0.15) is 0 Å². The first-order valence-electron chi connectivity index (χ1n) is 8.23. The van der Waals surface area contributed by atoms with Gasteiger partial charge in [0.25, 0.3) is 0 Å². The summed E-state index contributed by atoms with van der Waals surface area (Å²) in [6, 6.07) is 8.81. The van der Waals surface area contributed by atoms with E-state index in [1.807, 2.05) is 12.1 Å². The van der Waals surface area contributed by atoms with E-state index >= 15 is 0 Å². The third kappa shape index (κ3) is 4.91. The molecule has 0 saturated heterocycles. The molecule has 0 bridgehead atoms. The highest BCUT2D eigenvalue weighted by Crippen LogP contribution is 2.38. The second-order valence-electron chi connectivity index (χ2n) is 6.22. The van der Waals surface area contributed by atoms with Gasteiger partial charge in [0.05, 0.1) is 0 Å². The van der Waals surface area contributed by atoms with Crippen molar-refractivity contribution < 1.29 is 0 Å². The summed E-state index contributed by atoms with van der Waals surface area (Å²) in [7, 11) is 0. The Labute approximate surface area is 139 Å². The van der Waals surface area contributed by atoms with E-state index in [-0.39, 0.29) is 0 Å². The molecule has 0 spiro atoms. The van der Waals surface area contributed by atoms with Gasteiger partial charge in [0.15, 0.2) is 0 Å². The Hall–Kier alpha value is -0.180. The largest absolute Gasteiger partial charge is 0.309 e. The molecule has 1 aromatic carbocycles. The molecule has 3 heteroatoms. The van der Waals surface area contributed by atoms with Crippen molar-refractivity contribution in [2.75, 3.05) is 12.8 Å². The van der Waals surface area contributed by atoms with Gasteiger partial charge in [-0.05, 0) is 43.2 Å². The predicted octanol–water partition coefficient (Wildman–Crippen LogP) is 5.84. The van der Waals surface area contributed by atoms with E-state index in [0.29, 0.717) is 10.8 Å². The Morgan fingerprint density at radius 3 is 2.43 bits per heavy atom. The molecular weight excluding hydrogens is 298 g/mol. The van der Waals surface area contributed by atoms with Crippen molar-refractivity contribution in [3.63, 3.8) is 0 Å². The summed E-state index contributed by atoms with van der Waals surface area (Å²) in [5.74, 6) is 0. The van der Waals surface area contributed by atoms with E-state index in [9.17, 15) is 0 Å². The highest BCUT2D eigenvalue weighted by Gasteiger charge is 2.31. The van der Waals surface area contributed by atoms with Gasteiger partial charge in [0.2, 0.25) is 0 Å². The fraction of sp³-hybridized carbons (Fsp3) is 0.667. The zero-order valence-electron chi connectivity index (χ0n) is 13.3. The third-order valence-corrected chi connectivity index (χ3v) is 6.39. The van der Waals surface area contributed by atoms with Gasteiger partial charge in [-0.3, -0.25) is 0 Å². The molecule has 1 aliphatic rings. The zero-order valence-corrected chi connectivity index (χ0v) is 14.9. The molecular formula is C18H28ClNS. The number of hydrogen-bond donors (Lipinski definition) is 1. The minimum atomic E-state index is 0.455. The lowest BCUT2D eigenvalue weighted by atomic mass is 9.87. The molecule has 0 amide bonds. The standard InChI is InChI=1S/C18H28ClNS/c1-3-7-17(15-8-10-16(19)11-9-15)20-14-18(21-2)12-5-4-6-13-18/h8-11,17,20H,3-7,12-14H2,1-2H3. The first kappa shape index (κ1) is 17.2. The summed E-state index contributed by atoms with van der Waals surface area (Å²) in [5.41, 5.74) is 1.37. The van der Waals surface area contributed by atoms with Gasteiger partial charge < -0.3 is 5.32 Å². The topological polar surface area (TPSA) is 12.0 Å². The molecule has 0 aromatic heterocycles. The van der Waals surface area contributed by atoms with Crippen LogP contribution in [0.4, 0.5) is 0 Å². The van der Waals surface area contributed by atoms with Crippen LogP contribution in [0.15, 0.2) is 24.3 Å². The second kappa shape index (κ2) is 8.45. The van der Waals surface area contributed by atoms with Crippen molar-refractivity contribution in [2.45, 2.75) is 62.7 Å². The molecule has 1 nitrogen and oxygen atoms in total. The van der Waals surface area contributed by atoms with Crippen molar-refractivity contribution in [1.82, 2.24) is 5.32 Å².